The van der Waals surface area contributed by atoms with Gasteiger partial charge in [0.15, 0.2) is 6.61 Å². The predicted molar refractivity (Wildman–Crippen MR) is 111 cm³/mol. The molecule has 30 heavy (non-hydrogen) atoms. The maximum absolute atomic E-state index is 12.4. The Morgan fingerprint density at radius 1 is 1.20 bits per heavy atom. The Morgan fingerprint density at radius 2 is 1.90 bits per heavy atom. The van der Waals surface area contributed by atoms with Crippen molar-refractivity contribution in [3.63, 3.8) is 0 Å². The molecule has 0 bridgehead atoms. The number of nitrogen functional groups attached to an aromatic ring is 1. The smallest absolute Gasteiger partial charge is 0.329 e. The Bertz CT molecular complexity index is 1250. The number of Topliss-reactive ketones (excluding diaryl/α,β-unsaturated/α-hetero) is 1. The van der Waals surface area contributed by atoms with Crippen molar-refractivity contribution < 1.29 is 18.7 Å². The fourth-order valence-electron chi connectivity index (χ4n) is 3.20. The van der Waals surface area contributed by atoms with Crippen LogP contribution >= 0.6 is 0 Å². The number of fused-ring (bicyclic) bond motifs is 1. The summed E-state index contributed by atoms with van der Waals surface area (Å²) in [6.07, 6.45) is 1.97. The van der Waals surface area contributed by atoms with Gasteiger partial charge in [-0.05, 0) is 43.5 Å². The first-order valence-electron chi connectivity index (χ1n) is 9.51. The first-order valence-corrected chi connectivity index (χ1v) is 9.51. The normalized spacial score (nSPS) is 11.0. The highest BCUT2D eigenvalue weighted by molar-refractivity contribution is 6.01. The minimum Gasteiger partial charge on any atom is -0.464 e. The Kier molecular flexibility index (Phi) is 5.91. The standard InChI is InChI=1S/C21H23N3O6/c1-4-5-24-19(22)18(20(27)23-21(24)28)15(25)10-30-17(26)8-13-9-29-16-7-12(3)11(2)6-14(13)16/h6-7,9H,4-5,8,10,22H2,1-3H3,(H,23,27,28). The van der Waals surface area contributed by atoms with Crippen molar-refractivity contribution in [3.05, 3.63) is 61.5 Å². The van der Waals surface area contributed by atoms with Crippen LogP contribution in [0.15, 0.2) is 32.4 Å². The third-order valence-electron chi connectivity index (χ3n) is 4.93. The number of esters is 1. The van der Waals surface area contributed by atoms with Crippen molar-refractivity contribution in [3.8, 4) is 0 Å². The largest absolute Gasteiger partial charge is 0.464 e. The molecule has 2 aromatic heterocycles. The minimum atomic E-state index is -0.905. The average molecular weight is 413 g/mol. The average Bonchev–Trinajstić information content (AvgIpc) is 3.05. The Balaban J connectivity index is 1.73. The molecule has 1 aromatic carbocycles. The van der Waals surface area contributed by atoms with Gasteiger partial charge >= 0.3 is 11.7 Å². The van der Waals surface area contributed by atoms with Crippen LogP contribution in [0.2, 0.25) is 0 Å². The van der Waals surface area contributed by atoms with E-state index in [1.807, 2.05) is 32.9 Å². The monoisotopic (exact) mass is 413 g/mol. The lowest BCUT2D eigenvalue weighted by Gasteiger charge is -2.11. The number of rotatable bonds is 7. The minimum absolute atomic E-state index is 0.0933. The van der Waals surface area contributed by atoms with Crippen molar-refractivity contribution in [2.75, 3.05) is 12.3 Å². The van der Waals surface area contributed by atoms with Crippen LogP contribution in [0, 0.1) is 13.8 Å². The number of aryl methyl sites for hydroxylation is 2. The zero-order valence-corrected chi connectivity index (χ0v) is 17.0. The molecule has 3 aromatic rings. The van der Waals surface area contributed by atoms with Gasteiger partial charge in [0.05, 0.1) is 12.7 Å². The summed E-state index contributed by atoms with van der Waals surface area (Å²) >= 11 is 0. The second-order valence-electron chi connectivity index (χ2n) is 7.13. The summed E-state index contributed by atoms with van der Waals surface area (Å²) in [5, 5.41) is 0.800. The molecule has 9 heteroatoms. The van der Waals surface area contributed by atoms with Crippen molar-refractivity contribution in [2.45, 2.75) is 40.2 Å². The highest BCUT2D eigenvalue weighted by Crippen LogP contribution is 2.25. The first kappa shape index (κ1) is 21.1. The summed E-state index contributed by atoms with van der Waals surface area (Å²) in [6, 6.07) is 3.82. The molecule has 3 N–H and O–H groups in total. The van der Waals surface area contributed by atoms with Crippen LogP contribution in [-0.2, 0) is 22.5 Å². The van der Waals surface area contributed by atoms with E-state index in [2.05, 4.69) is 4.98 Å². The van der Waals surface area contributed by atoms with E-state index < -0.39 is 35.2 Å². The van der Waals surface area contributed by atoms with Gasteiger partial charge in [0.2, 0.25) is 5.78 Å². The highest BCUT2D eigenvalue weighted by atomic mass is 16.5. The Labute approximate surface area is 171 Å². The molecule has 2 heterocycles. The molecule has 0 spiro atoms. The second kappa shape index (κ2) is 8.40. The lowest BCUT2D eigenvalue weighted by atomic mass is 10.0. The van der Waals surface area contributed by atoms with E-state index in [1.165, 1.54) is 6.26 Å². The van der Waals surface area contributed by atoms with Gasteiger partial charge in [-0.2, -0.15) is 0 Å². The van der Waals surface area contributed by atoms with Gasteiger partial charge in [0, 0.05) is 17.5 Å². The number of ketones is 1. The number of H-pyrrole nitrogens is 1. The number of carbonyl (C=O) groups excluding carboxylic acids is 2. The molecule has 0 aliphatic heterocycles. The van der Waals surface area contributed by atoms with E-state index in [-0.39, 0.29) is 18.8 Å². The third-order valence-corrected chi connectivity index (χ3v) is 4.93. The molecule has 0 atom stereocenters. The lowest BCUT2D eigenvalue weighted by molar-refractivity contribution is -0.141. The SMILES string of the molecule is CCCn1c(N)c(C(=O)COC(=O)Cc2coc3cc(C)c(C)cc23)c(=O)[nH]c1=O. The summed E-state index contributed by atoms with van der Waals surface area (Å²) in [5.74, 6) is -1.67. The summed E-state index contributed by atoms with van der Waals surface area (Å²) < 4.78 is 11.6. The molecule has 3 rings (SSSR count). The summed E-state index contributed by atoms with van der Waals surface area (Å²) in [6.45, 7) is 5.33. The zero-order chi connectivity index (χ0) is 22.0. The third kappa shape index (κ3) is 4.05. The van der Waals surface area contributed by atoms with Crippen LogP contribution in [0.4, 0.5) is 5.82 Å². The number of anilines is 1. The lowest BCUT2D eigenvalue weighted by Crippen LogP contribution is -2.37. The second-order valence-corrected chi connectivity index (χ2v) is 7.13. The number of nitrogens with zero attached hydrogens (tertiary/aromatic N) is 1. The predicted octanol–water partition coefficient (Wildman–Crippen LogP) is 1.86. The quantitative estimate of drug-likeness (QED) is 0.445. The van der Waals surface area contributed by atoms with Gasteiger partial charge < -0.3 is 14.9 Å². The number of nitrogens with two attached hydrogens (primary N) is 1. The number of benzene rings is 1. The summed E-state index contributed by atoms with van der Waals surface area (Å²) in [5.41, 5.74) is 7.29. The number of ether oxygens (including phenoxy) is 1. The van der Waals surface area contributed by atoms with Crippen LogP contribution in [0.25, 0.3) is 11.0 Å². The molecule has 0 unspecified atom stereocenters. The fourth-order valence-corrected chi connectivity index (χ4v) is 3.20. The molecule has 0 aliphatic rings. The zero-order valence-electron chi connectivity index (χ0n) is 17.0. The molecular formula is C21H23N3O6. The molecular weight excluding hydrogens is 390 g/mol. The van der Waals surface area contributed by atoms with Crippen molar-refractivity contribution >= 4 is 28.5 Å². The molecule has 0 saturated heterocycles. The highest BCUT2D eigenvalue weighted by Gasteiger charge is 2.21. The van der Waals surface area contributed by atoms with Crippen molar-refractivity contribution in [2.24, 2.45) is 0 Å². The fraction of sp³-hybridized carbons (Fsp3) is 0.333. The van der Waals surface area contributed by atoms with Crippen LogP contribution < -0.4 is 17.0 Å². The topological polar surface area (TPSA) is 137 Å². The molecule has 0 aliphatic carbocycles. The van der Waals surface area contributed by atoms with E-state index in [1.54, 1.807) is 0 Å². The van der Waals surface area contributed by atoms with Crippen LogP contribution in [-0.4, -0.2) is 27.9 Å². The van der Waals surface area contributed by atoms with E-state index in [9.17, 15) is 19.2 Å². The van der Waals surface area contributed by atoms with Crippen LogP contribution in [0.1, 0.15) is 40.4 Å². The van der Waals surface area contributed by atoms with E-state index in [0.717, 1.165) is 21.1 Å². The number of aromatic nitrogens is 2. The Morgan fingerprint density at radius 3 is 2.60 bits per heavy atom. The van der Waals surface area contributed by atoms with Crippen molar-refractivity contribution in [1.82, 2.24) is 9.55 Å². The number of hydrogen-bond acceptors (Lipinski definition) is 7. The van der Waals surface area contributed by atoms with Gasteiger partial charge in [-0.3, -0.25) is 23.9 Å². The number of aromatic amines is 1. The number of carbonyl (C=O) groups is 2. The molecule has 0 amide bonds. The van der Waals surface area contributed by atoms with E-state index >= 15 is 0 Å². The number of hydrogen-bond donors (Lipinski definition) is 2. The van der Waals surface area contributed by atoms with E-state index in [0.29, 0.717) is 17.6 Å². The molecule has 9 nitrogen and oxygen atoms in total. The molecule has 0 fully saturated rings. The van der Waals surface area contributed by atoms with Crippen LogP contribution in [0.3, 0.4) is 0 Å². The number of nitrogens with one attached hydrogen (secondary N) is 1. The first-order chi connectivity index (χ1) is 14.2. The summed E-state index contributed by atoms with van der Waals surface area (Å²) in [7, 11) is 0. The van der Waals surface area contributed by atoms with Gasteiger partial charge in [-0.15, -0.1) is 0 Å². The van der Waals surface area contributed by atoms with Crippen molar-refractivity contribution in [1.29, 1.82) is 0 Å². The molecule has 158 valence electrons. The molecule has 0 saturated carbocycles. The van der Waals surface area contributed by atoms with E-state index in [4.69, 9.17) is 14.9 Å². The Hall–Kier alpha value is -3.62. The van der Waals surface area contributed by atoms with Gasteiger partial charge in [-0.25, -0.2) is 4.79 Å². The van der Waals surface area contributed by atoms with Gasteiger partial charge in [0.25, 0.3) is 5.56 Å². The van der Waals surface area contributed by atoms with Gasteiger partial charge in [0.1, 0.15) is 17.0 Å². The maximum Gasteiger partial charge on any atom is 0.329 e. The van der Waals surface area contributed by atoms with Gasteiger partial charge in [-0.1, -0.05) is 6.92 Å². The summed E-state index contributed by atoms with van der Waals surface area (Å²) in [4.78, 5) is 50.6. The number of furan rings is 1. The maximum atomic E-state index is 12.4. The van der Waals surface area contributed by atoms with Crippen LogP contribution in [0.5, 0.6) is 0 Å². The molecule has 0 radical (unpaired) electrons.